The molecule has 0 bridgehead atoms. The minimum atomic E-state index is 1.11. The molecule has 0 aliphatic rings. The summed E-state index contributed by atoms with van der Waals surface area (Å²) < 4.78 is 0. The van der Waals surface area contributed by atoms with Crippen molar-refractivity contribution in [1.29, 1.82) is 0 Å². The number of hydrogen-bond acceptors (Lipinski definition) is 1. The van der Waals surface area contributed by atoms with Crippen LogP contribution in [0.5, 0.6) is 0 Å². The van der Waals surface area contributed by atoms with E-state index in [2.05, 4.69) is 194 Å². The molecule has 0 heterocycles. The van der Waals surface area contributed by atoms with Crippen LogP contribution in [0.4, 0.5) is 17.1 Å². The zero-order chi connectivity index (χ0) is 32.3. The van der Waals surface area contributed by atoms with E-state index in [0.29, 0.717) is 0 Å². The Labute approximate surface area is 282 Å². The van der Waals surface area contributed by atoms with E-state index in [0.717, 1.165) is 22.5 Å². The van der Waals surface area contributed by atoms with Gasteiger partial charge in [0.05, 0.1) is 5.69 Å². The molecule has 0 radical (unpaired) electrons. The van der Waals surface area contributed by atoms with Gasteiger partial charge in [0, 0.05) is 16.8 Å². The molecule has 0 fully saturated rings. The van der Waals surface area contributed by atoms with Crippen LogP contribution >= 0.6 is 0 Å². The van der Waals surface area contributed by atoms with Gasteiger partial charge in [-0.1, -0.05) is 164 Å². The molecule has 0 aliphatic carbocycles. The lowest BCUT2D eigenvalue weighted by atomic mass is 9.91. The van der Waals surface area contributed by atoms with Crippen molar-refractivity contribution in [2.24, 2.45) is 0 Å². The third kappa shape index (κ3) is 5.79. The van der Waals surface area contributed by atoms with Crippen LogP contribution in [0.3, 0.4) is 0 Å². The number of fused-ring (bicyclic) bond motifs is 5. The molecule has 0 aliphatic heterocycles. The number of rotatable bonds is 7. The Morgan fingerprint density at radius 1 is 0.375 bits per heavy atom. The SMILES string of the molecule is Cc1cc2ccccc2c2c(N(c3ccc(C=Cc4ccccc4)cc3)c3ccc(C=Cc4ccccc4)cc3)cc3ccccc3c12. The fourth-order valence-corrected chi connectivity index (χ4v) is 6.76. The summed E-state index contributed by atoms with van der Waals surface area (Å²) in [6.45, 7) is 2.25. The molecule has 0 aromatic heterocycles. The third-order valence-electron chi connectivity index (χ3n) is 9.10. The number of nitrogens with zero attached hydrogens (tertiary/aromatic N) is 1. The van der Waals surface area contributed by atoms with Crippen LogP contribution < -0.4 is 4.90 Å². The first-order valence-electron chi connectivity index (χ1n) is 16.5. The smallest absolute Gasteiger partial charge is 0.0552 e. The standard InChI is InChI=1S/C47H35N/c1-34-32-39-16-8-11-19-44(39)47-45(33-40-17-9-10-18-43(40)46(34)47)48(41-28-24-37(25-29-41)22-20-35-12-4-2-5-13-35)42-30-26-38(27-31-42)23-21-36-14-6-3-7-15-36/h2-33H,1H3. The maximum Gasteiger partial charge on any atom is 0.0552 e. The summed E-state index contributed by atoms with van der Waals surface area (Å²) in [4.78, 5) is 2.43. The molecule has 0 atom stereocenters. The molecule has 1 nitrogen and oxygen atoms in total. The van der Waals surface area contributed by atoms with Gasteiger partial charge in [-0.3, -0.25) is 0 Å². The molecular weight excluding hydrogens is 579 g/mol. The molecule has 8 aromatic carbocycles. The van der Waals surface area contributed by atoms with Gasteiger partial charge in [-0.2, -0.15) is 0 Å². The molecule has 0 saturated carbocycles. The van der Waals surface area contributed by atoms with Gasteiger partial charge in [0.1, 0.15) is 0 Å². The topological polar surface area (TPSA) is 3.24 Å². The van der Waals surface area contributed by atoms with Gasteiger partial charge < -0.3 is 4.90 Å². The summed E-state index contributed by atoms with van der Waals surface area (Å²) in [7, 11) is 0. The predicted octanol–water partition coefficient (Wildman–Crippen LogP) is 13.3. The molecular formula is C47H35N. The van der Waals surface area contributed by atoms with E-state index in [1.165, 1.54) is 54.7 Å². The lowest BCUT2D eigenvalue weighted by Crippen LogP contribution is -2.11. The molecule has 0 amide bonds. The van der Waals surface area contributed by atoms with Gasteiger partial charge in [0.15, 0.2) is 0 Å². The summed E-state index contributed by atoms with van der Waals surface area (Å²) in [5.74, 6) is 0. The Hall–Kier alpha value is -6.18. The van der Waals surface area contributed by atoms with Gasteiger partial charge in [0.2, 0.25) is 0 Å². The van der Waals surface area contributed by atoms with Crippen LogP contribution in [0.25, 0.3) is 56.6 Å². The van der Waals surface area contributed by atoms with E-state index >= 15 is 0 Å². The Morgan fingerprint density at radius 3 is 1.27 bits per heavy atom. The van der Waals surface area contributed by atoms with Gasteiger partial charge in [-0.25, -0.2) is 0 Å². The Balaban J connectivity index is 1.31. The maximum absolute atomic E-state index is 2.43. The summed E-state index contributed by atoms with van der Waals surface area (Å²) in [6.07, 6.45) is 8.69. The second-order valence-electron chi connectivity index (χ2n) is 12.3. The van der Waals surface area contributed by atoms with Crippen molar-refractivity contribution in [3.05, 3.63) is 198 Å². The van der Waals surface area contributed by atoms with Crippen molar-refractivity contribution in [3.63, 3.8) is 0 Å². The highest BCUT2D eigenvalue weighted by Crippen LogP contribution is 2.45. The normalized spacial score (nSPS) is 11.7. The van der Waals surface area contributed by atoms with Crippen molar-refractivity contribution in [2.45, 2.75) is 6.92 Å². The van der Waals surface area contributed by atoms with E-state index in [4.69, 9.17) is 0 Å². The number of anilines is 3. The van der Waals surface area contributed by atoms with Crippen LogP contribution in [-0.2, 0) is 0 Å². The van der Waals surface area contributed by atoms with Gasteiger partial charge in [0.25, 0.3) is 0 Å². The van der Waals surface area contributed by atoms with E-state index in [1.807, 2.05) is 12.1 Å². The molecule has 0 saturated heterocycles. The largest absolute Gasteiger partial charge is 0.310 e. The van der Waals surface area contributed by atoms with Crippen LogP contribution in [0.15, 0.2) is 170 Å². The fraction of sp³-hybridized carbons (Fsp3) is 0.0213. The van der Waals surface area contributed by atoms with E-state index in [-0.39, 0.29) is 0 Å². The minimum absolute atomic E-state index is 1.11. The molecule has 1 heteroatoms. The molecule has 228 valence electrons. The first-order valence-corrected chi connectivity index (χ1v) is 16.5. The van der Waals surface area contributed by atoms with Gasteiger partial charge in [-0.15, -0.1) is 0 Å². The summed E-state index contributed by atoms with van der Waals surface area (Å²) in [5.41, 5.74) is 9.38. The van der Waals surface area contributed by atoms with Crippen LogP contribution in [0.1, 0.15) is 27.8 Å². The second-order valence-corrected chi connectivity index (χ2v) is 12.3. The average Bonchev–Trinajstić information content (AvgIpc) is 3.15. The zero-order valence-corrected chi connectivity index (χ0v) is 26.9. The molecule has 0 N–H and O–H groups in total. The lowest BCUT2D eigenvalue weighted by molar-refractivity contribution is 1.30. The maximum atomic E-state index is 2.43. The summed E-state index contributed by atoms with van der Waals surface area (Å²) >= 11 is 0. The second kappa shape index (κ2) is 12.9. The van der Waals surface area contributed by atoms with E-state index in [1.54, 1.807) is 0 Å². The molecule has 8 aromatic rings. The highest BCUT2D eigenvalue weighted by Gasteiger charge is 2.20. The third-order valence-corrected chi connectivity index (χ3v) is 9.10. The highest BCUT2D eigenvalue weighted by molar-refractivity contribution is 6.24. The number of aryl methyl sites for hydroxylation is 1. The first-order chi connectivity index (χ1) is 23.7. The number of benzene rings is 8. The molecule has 8 rings (SSSR count). The molecule has 0 unspecified atom stereocenters. The Morgan fingerprint density at radius 2 is 0.771 bits per heavy atom. The monoisotopic (exact) mass is 613 g/mol. The quantitative estimate of drug-likeness (QED) is 0.128. The van der Waals surface area contributed by atoms with Crippen molar-refractivity contribution < 1.29 is 0 Å². The van der Waals surface area contributed by atoms with Crippen molar-refractivity contribution in [3.8, 4) is 0 Å². The molecule has 0 spiro atoms. The Kier molecular flexibility index (Phi) is 7.86. The predicted molar refractivity (Wildman–Crippen MR) is 209 cm³/mol. The lowest BCUT2D eigenvalue weighted by Gasteiger charge is -2.29. The zero-order valence-electron chi connectivity index (χ0n) is 26.9. The van der Waals surface area contributed by atoms with Crippen molar-refractivity contribution in [2.75, 3.05) is 4.90 Å². The fourth-order valence-electron chi connectivity index (χ4n) is 6.76. The van der Waals surface area contributed by atoms with Crippen molar-refractivity contribution >= 4 is 73.7 Å². The molecule has 48 heavy (non-hydrogen) atoms. The number of hydrogen-bond donors (Lipinski definition) is 0. The summed E-state index contributed by atoms with van der Waals surface area (Å²) in [5, 5.41) is 7.59. The van der Waals surface area contributed by atoms with Crippen LogP contribution in [0, 0.1) is 6.92 Å². The summed E-state index contributed by atoms with van der Waals surface area (Å²) in [6, 6.07) is 61.0. The van der Waals surface area contributed by atoms with Crippen LogP contribution in [-0.4, -0.2) is 0 Å². The van der Waals surface area contributed by atoms with Crippen molar-refractivity contribution in [1.82, 2.24) is 0 Å². The minimum Gasteiger partial charge on any atom is -0.310 e. The first kappa shape index (κ1) is 29.2. The van der Waals surface area contributed by atoms with E-state index in [9.17, 15) is 0 Å². The van der Waals surface area contributed by atoms with Gasteiger partial charge in [-0.05, 0) is 92.0 Å². The Bertz CT molecular complexity index is 2330. The van der Waals surface area contributed by atoms with Gasteiger partial charge >= 0.3 is 0 Å². The van der Waals surface area contributed by atoms with Crippen LogP contribution in [0.2, 0.25) is 0 Å². The average molecular weight is 614 g/mol. The highest BCUT2D eigenvalue weighted by atomic mass is 15.1. The van der Waals surface area contributed by atoms with E-state index < -0.39 is 0 Å².